The van der Waals surface area contributed by atoms with Crippen molar-refractivity contribution in [2.45, 2.75) is 45.7 Å². The maximum atomic E-state index is 13.1. The Hall–Kier alpha value is -2.20. The van der Waals surface area contributed by atoms with E-state index in [4.69, 9.17) is 0 Å². The van der Waals surface area contributed by atoms with Gasteiger partial charge in [-0.15, -0.1) is 0 Å². The summed E-state index contributed by atoms with van der Waals surface area (Å²) in [5.41, 5.74) is 3.47. The first-order valence-electron chi connectivity index (χ1n) is 9.89. The molecule has 0 spiro atoms. The first kappa shape index (κ1) is 19.6. The SMILES string of the molecule is CC[C@H](NC(=O)[C@H]1CCCN(Cc2ccc(F)cc2)C1)c1ccc(C)cc1. The van der Waals surface area contributed by atoms with Crippen LogP contribution in [0.25, 0.3) is 0 Å². The lowest BCUT2D eigenvalue weighted by Crippen LogP contribution is -2.43. The number of nitrogens with one attached hydrogen (secondary N) is 1. The van der Waals surface area contributed by atoms with Crippen molar-refractivity contribution in [1.82, 2.24) is 10.2 Å². The van der Waals surface area contributed by atoms with Gasteiger partial charge in [0.1, 0.15) is 5.82 Å². The van der Waals surface area contributed by atoms with Crippen LogP contribution in [0.1, 0.15) is 48.9 Å². The van der Waals surface area contributed by atoms with Gasteiger partial charge in [-0.2, -0.15) is 0 Å². The Balaban J connectivity index is 1.58. The number of benzene rings is 2. The normalized spacial score (nSPS) is 18.9. The van der Waals surface area contributed by atoms with Gasteiger partial charge in [-0.05, 0) is 56.0 Å². The Kier molecular flexibility index (Phi) is 6.62. The summed E-state index contributed by atoms with van der Waals surface area (Å²) in [7, 11) is 0. The molecule has 1 heterocycles. The molecule has 0 unspecified atom stereocenters. The van der Waals surface area contributed by atoms with Crippen molar-refractivity contribution in [3.8, 4) is 0 Å². The predicted octanol–water partition coefficient (Wildman–Crippen LogP) is 4.61. The molecular weight excluding hydrogens is 339 g/mol. The Morgan fingerprint density at radius 1 is 1.19 bits per heavy atom. The molecule has 1 aliphatic heterocycles. The number of halogens is 1. The molecule has 1 amide bonds. The molecule has 1 N–H and O–H groups in total. The summed E-state index contributed by atoms with van der Waals surface area (Å²) in [6.07, 6.45) is 2.82. The van der Waals surface area contributed by atoms with Crippen LogP contribution in [0.2, 0.25) is 0 Å². The Labute approximate surface area is 161 Å². The van der Waals surface area contributed by atoms with Gasteiger partial charge in [0.2, 0.25) is 5.91 Å². The van der Waals surface area contributed by atoms with Gasteiger partial charge < -0.3 is 5.32 Å². The number of carbonyl (C=O) groups excluding carboxylic acids is 1. The molecule has 27 heavy (non-hydrogen) atoms. The molecule has 2 atom stereocenters. The van der Waals surface area contributed by atoms with Crippen molar-refractivity contribution < 1.29 is 9.18 Å². The van der Waals surface area contributed by atoms with Gasteiger partial charge >= 0.3 is 0 Å². The van der Waals surface area contributed by atoms with E-state index in [9.17, 15) is 9.18 Å². The zero-order valence-corrected chi connectivity index (χ0v) is 16.2. The molecular formula is C23H29FN2O. The van der Waals surface area contributed by atoms with E-state index in [1.165, 1.54) is 17.7 Å². The van der Waals surface area contributed by atoms with Crippen LogP contribution in [0.4, 0.5) is 4.39 Å². The molecule has 144 valence electrons. The standard InChI is InChI=1S/C23H29FN2O/c1-3-22(19-10-6-17(2)7-11-19)25-23(27)20-5-4-14-26(16-20)15-18-8-12-21(24)13-9-18/h6-13,20,22H,3-5,14-16H2,1-2H3,(H,25,27)/t20-,22-/m0/s1. The lowest BCUT2D eigenvalue weighted by atomic mass is 9.95. The zero-order chi connectivity index (χ0) is 19.2. The Morgan fingerprint density at radius 3 is 2.56 bits per heavy atom. The lowest BCUT2D eigenvalue weighted by molar-refractivity contribution is -0.127. The summed E-state index contributed by atoms with van der Waals surface area (Å²) in [5.74, 6) is -0.0544. The van der Waals surface area contributed by atoms with E-state index < -0.39 is 0 Å². The Bertz CT molecular complexity index is 742. The minimum absolute atomic E-state index is 0.0127. The van der Waals surface area contributed by atoms with Crippen molar-refractivity contribution in [2.75, 3.05) is 13.1 Å². The molecule has 3 nitrogen and oxygen atoms in total. The van der Waals surface area contributed by atoms with E-state index in [2.05, 4.69) is 48.3 Å². The van der Waals surface area contributed by atoms with Crippen molar-refractivity contribution in [3.05, 3.63) is 71.0 Å². The number of carbonyl (C=O) groups is 1. The highest BCUT2D eigenvalue weighted by Gasteiger charge is 2.27. The number of hydrogen-bond acceptors (Lipinski definition) is 2. The smallest absolute Gasteiger partial charge is 0.224 e. The molecule has 1 fully saturated rings. The van der Waals surface area contributed by atoms with Gasteiger partial charge in [0.05, 0.1) is 12.0 Å². The number of likely N-dealkylation sites (tertiary alicyclic amines) is 1. The number of aryl methyl sites for hydroxylation is 1. The Morgan fingerprint density at radius 2 is 1.89 bits per heavy atom. The van der Waals surface area contributed by atoms with Crippen LogP contribution in [-0.4, -0.2) is 23.9 Å². The molecule has 0 aromatic heterocycles. The molecule has 0 saturated carbocycles. The number of nitrogens with zero attached hydrogens (tertiary/aromatic N) is 1. The van der Waals surface area contributed by atoms with Crippen LogP contribution in [0.3, 0.4) is 0 Å². The fraction of sp³-hybridized carbons (Fsp3) is 0.435. The average Bonchev–Trinajstić information content (AvgIpc) is 2.69. The summed E-state index contributed by atoms with van der Waals surface area (Å²) < 4.78 is 13.1. The van der Waals surface area contributed by atoms with Crippen molar-refractivity contribution >= 4 is 5.91 Å². The maximum Gasteiger partial charge on any atom is 0.224 e. The molecule has 2 aromatic rings. The number of piperidine rings is 1. The van der Waals surface area contributed by atoms with Gasteiger partial charge in [0.25, 0.3) is 0 Å². The fourth-order valence-electron chi connectivity index (χ4n) is 3.77. The van der Waals surface area contributed by atoms with Crippen LogP contribution < -0.4 is 5.32 Å². The van der Waals surface area contributed by atoms with E-state index in [-0.39, 0.29) is 23.7 Å². The summed E-state index contributed by atoms with van der Waals surface area (Å²) in [6.45, 7) is 6.68. The zero-order valence-electron chi connectivity index (χ0n) is 16.2. The van der Waals surface area contributed by atoms with Gasteiger partial charge in [0.15, 0.2) is 0 Å². The van der Waals surface area contributed by atoms with Crippen LogP contribution in [0, 0.1) is 18.7 Å². The molecule has 4 heteroatoms. The third kappa shape index (κ3) is 5.39. The van der Waals surface area contributed by atoms with Crippen LogP contribution >= 0.6 is 0 Å². The van der Waals surface area contributed by atoms with Gasteiger partial charge in [-0.3, -0.25) is 9.69 Å². The van der Waals surface area contributed by atoms with Crippen molar-refractivity contribution in [2.24, 2.45) is 5.92 Å². The number of amides is 1. The van der Waals surface area contributed by atoms with Crippen LogP contribution in [0.5, 0.6) is 0 Å². The molecule has 0 radical (unpaired) electrons. The number of hydrogen-bond donors (Lipinski definition) is 1. The second-order valence-corrected chi connectivity index (χ2v) is 7.58. The molecule has 2 aromatic carbocycles. The third-order valence-electron chi connectivity index (χ3n) is 5.40. The first-order valence-corrected chi connectivity index (χ1v) is 9.89. The lowest BCUT2D eigenvalue weighted by Gasteiger charge is -2.33. The molecule has 0 aliphatic carbocycles. The fourth-order valence-corrected chi connectivity index (χ4v) is 3.77. The van der Waals surface area contributed by atoms with E-state index in [1.807, 2.05) is 12.1 Å². The molecule has 0 bridgehead atoms. The predicted molar refractivity (Wildman–Crippen MR) is 107 cm³/mol. The number of rotatable bonds is 6. The van der Waals surface area contributed by atoms with Crippen LogP contribution in [0.15, 0.2) is 48.5 Å². The van der Waals surface area contributed by atoms with E-state index >= 15 is 0 Å². The minimum atomic E-state index is -0.212. The molecule has 3 rings (SSSR count). The summed E-state index contributed by atoms with van der Waals surface area (Å²) in [6, 6.07) is 15.1. The topological polar surface area (TPSA) is 32.3 Å². The largest absolute Gasteiger partial charge is 0.349 e. The quantitative estimate of drug-likeness (QED) is 0.807. The first-order chi connectivity index (χ1) is 13.0. The van der Waals surface area contributed by atoms with Crippen molar-refractivity contribution in [3.63, 3.8) is 0 Å². The highest BCUT2D eigenvalue weighted by atomic mass is 19.1. The minimum Gasteiger partial charge on any atom is -0.349 e. The summed E-state index contributed by atoms with van der Waals surface area (Å²) in [5, 5.41) is 3.25. The third-order valence-corrected chi connectivity index (χ3v) is 5.40. The van der Waals surface area contributed by atoms with E-state index in [1.54, 1.807) is 0 Å². The summed E-state index contributed by atoms with van der Waals surface area (Å²) in [4.78, 5) is 15.2. The van der Waals surface area contributed by atoms with E-state index in [0.717, 1.165) is 50.0 Å². The van der Waals surface area contributed by atoms with Gasteiger partial charge in [-0.25, -0.2) is 4.39 Å². The van der Waals surface area contributed by atoms with Gasteiger partial charge in [-0.1, -0.05) is 48.9 Å². The highest BCUT2D eigenvalue weighted by molar-refractivity contribution is 5.79. The average molecular weight is 368 g/mol. The summed E-state index contributed by atoms with van der Waals surface area (Å²) >= 11 is 0. The highest BCUT2D eigenvalue weighted by Crippen LogP contribution is 2.22. The molecule has 1 saturated heterocycles. The molecule has 1 aliphatic rings. The van der Waals surface area contributed by atoms with Gasteiger partial charge in [0, 0.05) is 13.1 Å². The maximum absolute atomic E-state index is 13.1. The second kappa shape index (κ2) is 9.14. The van der Waals surface area contributed by atoms with Crippen molar-refractivity contribution in [1.29, 1.82) is 0 Å². The van der Waals surface area contributed by atoms with E-state index in [0.29, 0.717) is 0 Å². The second-order valence-electron chi connectivity index (χ2n) is 7.58. The monoisotopic (exact) mass is 368 g/mol. The van der Waals surface area contributed by atoms with Crippen LogP contribution in [-0.2, 0) is 11.3 Å².